The van der Waals surface area contributed by atoms with Crippen molar-refractivity contribution in [2.24, 2.45) is 18.7 Å². The molecule has 3 nitrogen and oxygen atoms in total. The Hall–Kier alpha value is -0.830. The summed E-state index contributed by atoms with van der Waals surface area (Å²) in [6, 6.07) is 0. The number of hydrogen-bond acceptors (Lipinski definition) is 2. The molecule has 2 rings (SSSR count). The van der Waals surface area contributed by atoms with Crippen LogP contribution in [0.2, 0.25) is 0 Å². The van der Waals surface area contributed by atoms with Crippen molar-refractivity contribution < 1.29 is 0 Å². The van der Waals surface area contributed by atoms with Gasteiger partial charge in [0.15, 0.2) is 0 Å². The average molecular weight is 165 g/mol. The largest absolute Gasteiger partial charge is 0.336 e. The van der Waals surface area contributed by atoms with E-state index in [4.69, 9.17) is 5.73 Å². The zero-order chi connectivity index (χ0) is 8.77. The van der Waals surface area contributed by atoms with Gasteiger partial charge in [0.1, 0.15) is 5.82 Å². The van der Waals surface area contributed by atoms with Crippen molar-refractivity contribution in [2.45, 2.75) is 25.3 Å². The summed E-state index contributed by atoms with van der Waals surface area (Å²) in [5.41, 5.74) is 6.07. The number of imidazole rings is 1. The first-order chi connectivity index (χ1) is 5.68. The Bertz CT molecular complexity index is 292. The maximum absolute atomic E-state index is 6.18. The summed E-state index contributed by atoms with van der Waals surface area (Å²) < 4.78 is 2.02. The molecule has 1 aliphatic rings. The maximum atomic E-state index is 6.18. The van der Waals surface area contributed by atoms with Crippen LogP contribution in [-0.4, -0.2) is 9.55 Å². The Morgan fingerprint density at radius 3 is 3.00 bits per heavy atom. The zero-order valence-corrected chi connectivity index (χ0v) is 7.62. The molecule has 1 aromatic heterocycles. The minimum Gasteiger partial charge on any atom is -0.336 e. The monoisotopic (exact) mass is 165 g/mol. The molecule has 0 radical (unpaired) electrons. The van der Waals surface area contributed by atoms with E-state index in [2.05, 4.69) is 11.9 Å². The molecular formula is C9H15N3. The molecular weight excluding hydrogens is 150 g/mol. The standard InChI is InChI=1S/C9H15N3/c1-3-7-6-9(7,10)8-11-4-5-12(8)2/h4-5,7H,3,6,10H2,1-2H3. The summed E-state index contributed by atoms with van der Waals surface area (Å²) in [5.74, 6) is 1.67. The fourth-order valence-corrected chi connectivity index (χ4v) is 1.95. The van der Waals surface area contributed by atoms with Gasteiger partial charge in [-0.1, -0.05) is 13.3 Å². The van der Waals surface area contributed by atoms with Crippen LogP contribution in [0.4, 0.5) is 0 Å². The van der Waals surface area contributed by atoms with E-state index in [0.29, 0.717) is 5.92 Å². The quantitative estimate of drug-likeness (QED) is 0.710. The summed E-state index contributed by atoms with van der Waals surface area (Å²) in [5, 5.41) is 0. The highest BCUT2D eigenvalue weighted by molar-refractivity contribution is 5.20. The summed E-state index contributed by atoms with van der Waals surface area (Å²) in [7, 11) is 2.00. The van der Waals surface area contributed by atoms with Crippen molar-refractivity contribution in [1.82, 2.24) is 9.55 Å². The molecule has 1 saturated carbocycles. The van der Waals surface area contributed by atoms with Crippen molar-refractivity contribution >= 4 is 0 Å². The van der Waals surface area contributed by atoms with E-state index in [1.807, 2.05) is 24.0 Å². The second-order valence-corrected chi connectivity index (χ2v) is 3.71. The van der Waals surface area contributed by atoms with Gasteiger partial charge < -0.3 is 10.3 Å². The van der Waals surface area contributed by atoms with Crippen LogP contribution in [0.15, 0.2) is 12.4 Å². The number of aromatic nitrogens is 2. The van der Waals surface area contributed by atoms with Crippen LogP contribution < -0.4 is 5.73 Å². The van der Waals surface area contributed by atoms with Crippen LogP contribution in [-0.2, 0) is 12.6 Å². The van der Waals surface area contributed by atoms with Crippen LogP contribution in [0.5, 0.6) is 0 Å². The highest BCUT2D eigenvalue weighted by Gasteiger charge is 2.53. The third kappa shape index (κ3) is 0.894. The topological polar surface area (TPSA) is 43.8 Å². The molecule has 66 valence electrons. The number of hydrogen-bond donors (Lipinski definition) is 1. The van der Waals surface area contributed by atoms with E-state index >= 15 is 0 Å². The van der Waals surface area contributed by atoms with Gasteiger partial charge in [-0.05, 0) is 12.3 Å². The van der Waals surface area contributed by atoms with Crippen LogP contribution in [0.3, 0.4) is 0 Å². The van der Waals surface area contributed by atoms with Gasteiger partial charge in [0, 0.05) is 19.4 Å². The number of nitrogens with zero attached hydrogens (tertiary/aromatic N) is 2. The number of nitrogens with two attached hydrogens (primary N) is 1. The SMILES string of the molecule is CCC1CC1(N)c1nccn1C. The fourth-order valence-electron chi connectivity index (χ4n) is 1.95. The summed E-state index contributed by atoms with van der Waals surface area (Å²) in [6.45, 7) is 2.18. The summed E-state index contributed by atoms with van der Waals surface area (Å²) >= 11 is 0. The van der Waals surface area contributed by atoms with Crippen molar-refractivity contribution in [3.05, 3.63) is 18.2 Å². The Labute approximate surface area is 72.6 Å². The lowest BCUT2D eigenvalue weighted by atomic mass is 10.2. The van der Waals surface area contributed by atoms with E-state index < -0.39 is 0 Å². The van der Waals surface area contributed by atoms with Gasteiger partial charge in [0.2, 0.25) is 0 Å². The van der Waals surface area contributed by atoms with Crippen LogP contribution in [0.1, 0.15) is 25.6 Å². The minimum absolute atomic E-state index is 0.118. The first kappa shape index (κ1) is 7.80. The van der Waals surface area contributed by atoms with Crippen molar-refractivity contribution in [2.75, 3.05) is 0 Å². The van der Waals surface area contributed by atoms with Crippen molar-refractivity contribution in [3.63, 3.8) is 0 Å². The van der Waals surface area contributed by atoms with E-state index in [1.54, 1.807) is 0 Å². The maximum Gasteiger partial charge on any atom is 0.128 e. The Kier molecular flexibility index (Phi) is 1.51. The Morgan fingerprint density at radius 2 is 2.58 bits per heavy atom. The zero-order valence-electron chi connectivity index (χ0n) is 7.62. The highest BCUT2D eigenvalue weighted by atomic mass is 15.1. The number of rotatable bonds is 2. The van der Waals surface area contributed by atoms with Gasteiger partial charge >= 0.3 is 0 Å². The van der Waals surface area contributed by atoms with E-state index in [1.165, 1.54) is 0 Å². The predicted octanol–water partition coefficient (Wildman–Crippen LogP) is 1.00. The van der Waals surface area contributed by atoms with Crippen molar-refractivity contribution in [1.29, 1.82) is 0 Å². The normalized spacial score (nSPS) is 33.8. The van der Waals surface area contributed by atoms with Crippen LogP contribution in [0, 0.1) is 5.92 Å². The third-order valence-corrected chi connectivity index (χ3v) is 2.88. The van der Waals surface area contributed by atoms with Gasteiger partial charge in [0.05, 0.1) is 5.54 Å². The predicted molar refractivity (Wildman–Crippen MR) is 47.5 cm³/mol. The molecule has 12 heavy (non-hydrogen) atoms. The van der Waals surface area contributed by atoms with E-state index in [0.717, 1.165) is 18.7 Å². The fraction of sp³-hybridized carbons (Fsp3) is 0.667. The Balaban J connectivity index is 2.27. The molecule has 0 spiro atoms. The van der Waals surface area contributed by atoms with Gasteiger partial charge in [-0.2, -0.15) is 0 Å². The summed E-state index contributed by atoms with van der Waals surface area (Å²) in [6.07, 6.45) is 6.02. The molecule has 0 aliphatic heterocycles. The lowest BCUT2D eigenvalue weighted by molar-refractivity contribution is 0.557. The molecule has 2 unspecified atom stereocenters. The second kappa shape index (κ2) is 2.33. The minimum atomic E-state index is -0.118. The van der Waals surface area contributed by atoms with Crippen LogP contribution in [0.25, 0.3) is 0 Å². The highest BCUT2D eigenvalue weighted by Crippen LogP contribution is 2.50. The smallest absolute Gasteiger partial charge is 0.128 e. The molecule has 1 aliphatic carbocycles. The molecule has 0 amide bonds. The van der Waals surface area contributed by atoms with Crippen LogP contribution >= 0.6 is 0 Å². The van der Waals surface area contributed by atoms with E-state index in [-0.39, 0.29) is 5.54 Å². The van der Waals surface area contributed by atoms with Gasteiger partial charge in [-0.3, -0.25) is 0 Å². The molecule has 2 N–H and O–H groups in total. The lowest BCUT2D eigenvalue weighted by Gasteiger charge is -2.10. The molecule has 2 atom stereocenters. The lowest BCUT2D eigenvalue weighted by Crippen LogP contribution is -2.26. The average Bonchev–Trinajstić information content (AvgIpc) is 2.50. The molecule has 3 heteroatoms. The summed E-state index contributed by atoms with van der Waals surface area (Å²) in [4.78, 5) is 4.29. The molecule has 1 heterocycles. The first-order valence-corrected chi connectivity index (χ1v) is 4.45. The van der Waals surface area contributed by atoms with E-state index in [9.17, 15) is 0 Å². The molecule has 0 saturated heterocycles. The molecule has 1 fully saturated rings. The molecule has 1 aromatic rings. The first-order valence-electron chi connectivity index (χ1n) is 4.45. The molecule has 0 bridgehead atoms. The third-order valence-electron chi connectivity index (χ3n) is 2.88. The van der Waals surface area contributed by atoms with Gasteiger partial charge in [0.25, 0.3) is 0 Å². The van der Waals surface area contributed by atoms with Gasteiger partial charge in [-0.25, -0.2) is 4.98 Å². The number of aryl methyl sites for hydroxylation is 1. The second-order valence-electron chi connectivity index (χ2n) is 3.71. The van der Waals surface area contributed by atoms with Crippen molar-refractivity contribution in [3.8, 4) is 0 Å². The molecule has 0 aromatic carbocycles. The Morgan fingerprint density at radius 1 is 1.83 bits per heavy atom. The van der Waals surface area contributed by atoms with Gasteiger partial charge in [-0.15, -0.1) is 0 Å².